The van der Waals surface area contributed by atoms with Crippen LogP contribution in [0, 0.1) is 0 Å². The van der Waals surface area contributed by atoms with Crippen LogP contribution in [-0.4, -0.2) is 13.7 Å². The number of rotatable bonds is 6. The molecule has 4 aromatic heterocycles. The normalized spacial score (nSPS) is 12.0. The molecule has 4 heterocycles. The van der Waals surface area contributed by atoms with Crippen LogP contribution < -0.4 is 0 Å². The van der Waals surface area contributed by atoms with Crippen molar-refractivity contribution < 1.29 is 4.42 Å². The van der Waals surface area contributed by atoms with Crippen molar-refractivity contribution in [3.63, 3.8) is 0 Å². The molecule has 0 fully saturated rings. The lowest BCUT2D eigenvalue weighted by Gasteiger charge is -2.11. The van der Waals surface area contributed by atoms with E-state index in [4.69, 9.17) is 4.42 Å². The molecule has 15 aromatic rings. The van der Waals surface area contributed by atoms with E-state index in [9.17, 15) is 0 Å². The number of fused-ring (bicyclic) bond motifs is 12. The third kappa shape index (κ3) is 5.77. The van der Waals surface area contributed by atoms with Crippen LogP contribution in [-0.2, 0) is 0 Å². The number of para-hydroxylation sites is 6. The maximum atomic E-state index is 6.48. The second-order valence-corrected chi connectivity index (χ2v) is 18.5. The van der Waals surface area contributed by atoms with E-state index < -0.39 is 0 Å². The first kappa shape index (κ1) is 38.7. The van der Waals surface area contributed by atoms with Crippen molar-refractivity contribution >= 4 is 87.4 Å². The van der Waals surface area contributed by atoms with Gasteiger partial charge in [0.25, 0.3) is 0 Å². The monoisotopic (exact) mass is 891 g/mol. The van der Waals surface area contributed by atoms with Gasteiger partial charge in [0.05, 0.1) is 33.1 Å². The molecule has 0 unspecified atom stereocenters. The van der Waals surface area contributed by atoms with Gasteiger partial charge in [-0.3, -0.25) is 0 Å². The molecule has 70 heavy (non-hydrogen) atoms. The second kappa shape index (κ2) is 15.1. The zero-order chi connectivity index (χ0) is 45.9. The van der Waals surface area contributed by atoms with Crippen LogP contribution in [0.15, 0.2) is 253 Å². The quantitative estimate of drug-likeness (QED) is 0.163. The predicted molar refractivity (Wildman–Crippen MR) is 293 cm³/mol. The summed E-state index contributed by atoms with van der Waals surface area (Å²) in [6, 6.07) is 90.5. The molecule has 0 aliphatic rings. The van der Waals surface area contributed by atoms with E-state index in [0.29, 0.717) is 0 Å². The summed E-state index contributed by atoms with van der Waals surface area (Å²) in [7, 11) is 0. The van der Waals surface area contributed by atoms with Gasteiger partial charge in [0.15, 0.2) is 0 Å². The molecule has 0 radical (unpaired) electrons. The first-order chi connectivity index (χ1) is 34.7. The summed E-state index contributed by atoms with van der Waals surface area (Å²) in [6.07, 6.45) is 0. The van der Waals surface area contributed by atoms with Crippen LogP contribution >= 0.6 is 0 Å². The van der Waals surface area contributed by atoms with Gasteiger partial charge in [-0.1, -0.05) is 146 Å². The molecule has 0 atom stereocenters. The number of nitrogens with zero attached hydrogens (tertiary/aromatic N) is 3. The average molecular weight is 892 g/mol. The average Bonchev–Trinajstić information content (AvgIpc) is 4.17. The molecule has 0 saturated heterocycles. The molecule has 0 aliphatic heterocycles. The summed E-state index contributed by atoms with van der Waals surface area (Å²) in [5, 5.41) is 9.65. The summed E-state index contributed by atoms with van der Waals surface area (Å²) in [6.45, 7) is 0. The first-order valence-electron chi connectivity index (χ1n) is 24.0. The van der Waals surface area contributed by atoms with E-state index in [1.54, 1.807) is 0 Å². The van der Waals surface area contributed by atoms with Gasteiger partial charge < -0.3 is 18.1 Å². The topological polar surface area (TPSA) is 27.9 Å². The van der Waals surface area contributed by atoms with Crippen molar-refractivity contribution in [3.8, 4) is 50.4 Å². The van der Waals surface area contributed by atoms with E-state index in [-0.39, 0.29) is 0 Å². The van der Waals surface area contributed by atoms with E-state index in [0.717, 1.165) is 61.2 Å². The second-order valence-electron chi connectivity index (χ2n) is 18.5. The Hall–Kier alpha value is -9.38. The Morgan fingerprint density at radius 3 is 1.07 bits per heavy atom. The van der Waals surface area contributed by atoms with Gasteiger partial charge in [0, 0.05) is 65.7 Å². The zero-order valence-electron chi connectivity index (χ0n) is 37.9. The van der Waals surface area contributed by atoms with Crippen LogP contribution in [0.2, 0.25) is 0 Å². The molecule has 0 bridgehead atoms. The van der Waals surface area contributed by atoms with Gasteiger partial charge >= 0.3 is 0 Å². The van der Waals surface area contributed by atoms with Gasteiger partial charge in [0.2, 0.25) is 0 Å². The van der Waals surface area contributed by atoms with E-state index in [1.165, 1.54) is 76.6 Å². The lowest BCUT2D eigenvalue weighted by atomic mass is 9.98. The van der Waals surface area contributed by atoms with Gasteiger partial charge in [0.1, 0.15) is 11.2 Å². The molecule has 4 heteroatoms. The SMILES string of the molecule is c1ccc(-n2c3ccccc3c3cc(-c4ccc5c(c4)c4cc(-c6ccc7c(c6)c6ccccc6n7-c6ccccc6)ccc4n5-c4ccc(-c5cccc6c5oc5ccccc56)cc4)ccc32)cc1. The third-order valence-electron chi connectivity index (χ3n) is 14.6. The molecule has 11 aromatic carbocycles. The van der Waals surface area contributed by atoms with Gasteiger partial charge in [-0.2, -0.15) is 0 Å². The maximum Gasteiger partial charge on any atom is 0.143 e. The van der Waals surface area contributed by atoms with E-state index in [1.807, 2.05) is 12.1 Å². The Labute approximate surface area is 402 Å². The minimum absolute atomic E-state index is 0.906. The molecule has 15 rings (SSSR count). The largest absolute Gasteiger partial charge is 0.455 e. The highest BCUT2D eigenvalue weighted by atomic mass is 16.3. The van der Waals surface area contributed by atoms with Crippen molar-refractivity contribution in [2.75, 3.05) is 0 Å². The maximum absolute atomic E-state index is 6.48. The van der Waals surface area contributed by atoms with Crippen molar-refractivity contribution in [3.05, 3.63) is 249 Å². The predicted octanol–water partition coefficient (Wildman–Crippen LogP) is 17.9. The number of benzene rings is 11. The van der Waals surface area contributed by atoms with Gasteiger partial charge in [-0.25, -0.2) is 0 Å². The fourth-order valence-electron chi connectivity index (χ4n) is 11.4. The van der Waals surface area contributed by atoms with Crippen molar-refractivity contribution in [1.29, 1.82) is 0 Å². The fourth-order valence-corrected chi connectivity index (χ4v) is 11.4. The summed E-state index contributed by atoms with van der Waals surface area (Å²) in [4.78, 5) is 0. The Balaban J connectivity index is 0.911. The van der Waals surface area contributed by atoms with Gasteiger partial charge in [-0.15, -0.1) is 0 Å². The Morgan fingerprint density at radius 1 is 0.229 bits per heavy atom. The first-order valence-corrected chi connectivity index (χ1v) is 24.0. The summed E-state index contributed by atoms with van der Waals surface area (Å²) >= 11 is 0. The third-order valence-corrected chi connectivity index (χ3v) is 14.6. The number of furan rings is 1. The van der Waals surface area contributed by atoms with Crippen molar-refractivity contribution in [2.24, 2.45) is 0 Å². The fraction of sp³-hybridized carbons (Fsp3) is 0. The molecule has 326 valence electrons. The Morgan fingerprint density at radius 2 is 0.586 bits per heavy atom. The van der Waals surface area contributed by atoms with Crippen molar-refractivity contribution in [1.82, 2.24) is 13.7 Å². The minimum atomic E-state index is 0.906. The van der Waals surface area contributed by atoms with Gasteiger partial charge in [-0.05, 0) is 131 Å². The summed E-state index contributed by atoms with van der Waals surface area (Å²) < 4.78 is 13.7. The van der Waals surface area contributed by atoms with Crippen LogP contribution in [0.1, 0.15) is 0 Å². The lowest BCUT2D eigenvalue weighted by molar-refractivity contribution is 0.670. The highest BCUT2D eigenvalue weighted by Gasteiger charge is 2.19. The van der Waals surface area contributed by atoms with E-state index >= 15 is 0 Å². The molecule has 0 N–H and O–H groups in total. The molecular formula is C66H41N3O. The molecule has 0 spiro atoms. The van der Waals surface area contributed by atoms with Crippen LogP contribution in [0.3, 0.4) is 0 Å². The lowest BCUT2D eigenvalue weighted by Crippen LogP contribution is -1.94. The Kier molecular flexibility index (Phi) is 8.33. The molecule has 0 amide bonds. The smallest absolute Gasteiger partial charge is 0.143 e. The highest BCUT2D eigenvalue weighted by Crippen LogP contribution is 2.42. The molecule has 0 aliphatic carbocycles. The highest BCUT2D eigenvalue weighted by molar-refractivity contribution is 6.15. The standard InChI is InChI=1S/C66H41N3O/c1-3-14-47(15-4-1)67-59-23-10-7-18-51(59)55-38-43(28-34-61(55)67)45-30-36-63-57(40-45)58-41-46(44-29-35-62-56(39-44)52-19-8-11-24-60(52)68(62)48-16-5-2-6-17-48)31-37-64(58)69(63)49-32-26-42(27-33-49)50-21-13-22-54-53-20-9-12-25-65(53)70-66(50)54/h1-41H. The van der Waals surface area contributed by atoms with Crippen LogP contribution in [0.4, 0.5) is 0 Å². The number of hydrogen-bond acceptors (Lipinski definition) is 1. The zero-order valence-corrected chi connectivity index (χ0v) is 37.9. The molecular weight excluding hydrogens is 851 g/mol. The van der Waals surface area contributed by atoms with E-state index in [2.05, 4.69) is 250 Å². The molecule has 0 saturated carbocycles. The summed E-state index contributed by atoms with van der Waals surface area (Å²) in [5.41, 5.74) is 19.3. The number of hydrogen-bond donors (Lipinski definition) is 0. The Bertz CT molecular complexity index is 4350. The van der Waals surface area contributed by atoms with Crippen LogP contribution in [0.5, 0.6) is 0 Å². The number of aromatic nitrogens is 3. The molecule has 4 nitrogen and oxygen atoms in total. The summed E-state index contributed by atoms with van der Waals surface area (Å²) in [5.74, 6) is 0. The minimum Gasteiger partial charge on any atom is -0.455 e. The van der Waals surface area contributed by atoms with Crippen LogP contribution in [0.25, 0.3) is 138 Å². The van der Waals surface area contributed by atoms with Crippen molar-refractivity contribution in [2.45, 2.75) is 0 Å².